The summed E-state index contributed by atoms with van der Waals surface area (Å²) in [7, 11) is 0. The lowest BCUT2D eigenvalue weighted by molar-refractivity contribution is 0.0696. The fourth-order valence-corrected chi connectivity index (χ4v) is 3.48. The molecule has 0 aliphatic carbocycles. The number of hydrogen-bond donors (Lipinski definition) is 1. The third kappa shape index (κ3) is 4.68. The molecule has 1 aromatic heterocycles. The Morgan fingerprint density at radius 3 is 2.83 bits per heavy atom. The molecule has 128 valence electrons. The molecule has 1 N–H and O–H groups in total. The Kier molecular flexibility index (Phi) is 5.64. The largest absolute Gasteiger partial charge is 0.478 e. The van der Waals surface area contributed by atoms with Gasteiger partial charge in [-0.05, 0) is 62.4 Å². The first-order valence-electron chi connectivity index (χ1n) is 8.71. The van der Waals surface area contributed by atoms with Gasteiger partial charge in [-0.1, -0.05) is 12.1 Å². The lowest BCUT2D eigenvalue weighted by atomic mass is 9.92. The van der Waals surface area contributed by atoms with E-state index in [1.807, 2.05) is 30.9 Å². The summed E-state index contributed by atoms with van der Waals surface area (Å²) in [5.41, 5.74) is 1.47. The zero-order chi connectivity index (χ0) is 16.8. The van der Waals surface area contributed by atoms with E-state index in [1.165, 1.54) is 25.7 Å². The Morgan fingerprint density at radius 1 is 1.29 bits per heavy atom. The number of rotatable bonds is 7. The van der Waals surface area contributed by atoms with Crippen molar-refractivity contribution in [2.45, 2.75) is 38.8 Å². The van der Waals surface area contributed by atoms with Crippen LogP contribution in [-0.2, 0) is 13.1 Å². The number of hydrogen-bond acceptors (Lipinski definition) is 3. The molecule has 0 amide bonds. The maximum Gasteiger partial charge on any atom is 0.335 e. The normalized spacial score (nSPS) is 16.3. The molecule has 24 heavy (non-hydrogen) atoms. The quantitative estimate of drug-likeness (QED) is 0.848. The molecule has 1 saturated heterocycles. The highest BCUT2D eigenvalue weighted by Crippen LogP contribution is 2.23. The Bertz CT molecular complexity index is 646. The minimum absolute atomic E-state index is 0.377. The third-order valence-electron chi connectivity index (χ3n) is 4.88. The van der Waals surface area contributed by atoms with Gasteiger partial charge in [-0.3, -0.25) is 4.90 Å². The van der Waals surface area contributed by atoms with Crippen LogP contribution >= 0.6 is 0 Å². The number of aromatic nitrogens is 2. The van der Waals surface area contributed by atoms with Gasteiger partial charge in [-0.15, -0.1) is 0 Å². The fourth-order valence-electron chi connectivity index (χ4n) is 3.48. The van der Waals surface area contributed by atoms with Gasteiger partial charge in [-0.2, -0.15) is 0 Å². The molecule has 1 aliphatic heterocycles. The molecule has 5 heteroatoms. The number of likely N-dealkylation sites (tertiary alicyclic amines) is 1. The molecule has 0 unspecified atom stereocenters. The molecule has 2 aromatic rings. The first-order chi connectivity index (χ1) is 11.7. The van der Waals surface area contributed by atoms with Gasteiger partial charge in [0, 0.05) is 25.5 Å². The highest BCUT2D eigenvalue weighted by molar-refractivity contribution is 5.87. The maximum absolute atomic E-state index is 11.1. The highest BCUT2D eigenvalue weighted by Gasteiger charge is 2.19. The number of carboxylic acid groups (broad SMARTS) is 1. The number of aromatic carboxylic acids is 1. The van der Waals surface area contributed by atoms with Crippen molar-refractivity contribution in [3.8, 4) is 0 Å². The maximum atomic E-state index is 11.1. The molecule has 1 aromatic carbocycles. The van der Waals surface area contributed by atoms with E-state index in [0.29, 0.717) is 5.56 Å². The second-order valence-corrected chi connectivity index (χ2v) is 6.67. The number of carbonyl (C=O) groups is 1. The summed E-state index contributed by atoms with van der Waals surface area (Å²) < 4.78 is 2.14. The van der Waals surface area contributed by atoms with Crippen LogP contribution in [0.25, 0.3) is 0 Å². The molecule has 3 rings (SSSR count). The summed E-state index contributed by atoms with van der Waals surface area (Å²) in [4.78, 5) is 17.6. The van der Waals surface area contributed by atoms with Crippen molar-refractivity contribution in [1.29, 1.82) is 0 Å². The summed E-state index contributed by atoms with van der Waals surface area (Å²) in [6.07, 6.45) is 10.7. The van der Waals surface area contributed by atoms with E-state index in [2.05, 4.69) is 14.5 Å². The van der Waals surface area contributed by atoms with E-state index < -0.39 is 5.97 Å². The monoisotopic (exact) mass is 327 g/mol. The van der Waals surface area contributed by atoms with E-state index in [-0.39, 0.29) is 0 Å². The first kappa shape index (κ1) is 16.7. The average Bonchev–Trinajstić information content (AvgIpc) is 3.10. The van der Waals surface area contributed by atoms with Gasteiger partial charge in [0.05, 0.1) is 11.9 Å². The van der Waals surface area contributed by atoms with Crippen LogP contribution in [0.3, 0.4) is 0 Å². The number of piperidine rings is 1. The molecule has 0 spiro atoms. The van der Waals surface area contributed by atoms with Gasteiger partial charge < -0.3 is 9.67 Å². The van der Waals surface area contributed by atoms with E-state index in [4.69, 9.17) is 5.11 Å². The minimum Gasteiger partial charge on any atom is -0.478 e. The van der Waals surface area contributed by atoms with Gasteiger partial charge in [0.1, 0.15) is 0 Å². The number of imidazole rings is 1. The average molecular weight is 327 g/mol. The van der Waals surface area contributed by atoms with Gasteiger partial charge in [0.2, 0.25) is 0 Å². The summed E-state index contributed by atoms with van der Waals surface area (Å²) in [6.45, 7) is 4.12. The molecular formula is C19H25N3O2. The minimum atomic E-state index is -0.853. The van der Waals surface area contributed by atoms with Crippen molar-refractivity contribution in [2.24, 2.45) is 5.92 Å². The Labute approximate surface area is 142 Å². The number of nitrogens with zero attached hydrogens (tertiary/aromatic N) is 3. The van der Waals surface area contributed by atoms with Crippen LogP contribution in [0.2, 0.25) is 0 Å². The topological polar surface area (TPSA) is 58.4 Å². The van der Waals surface area contributed by atoms with Crippen LogP contribution in [-0.4, -0.2) is 38.6 Å². The van der Waals surface area contributed by atoms with Crippen molar-refractivity contribution in [3.63, 3.8) is 0 Å². The smallest absolute Gasteiger partial charge is 0.335 e. The van der Waals surface area contributed by atoms with Crippen LogP contribution in [0.4, 0.5) is 0 Å². The zero-order valence-corrected chi connectivity index (χ0v) is 14.0. The van der Waals surface area contributed by atoms with Crippen molar-refractivity contribution in [2.75, 3.05) is 13.1 Å². The van der Waals surface area contributed by atoms with E-state index >= 15 is 0 Å². The van der Waals surface area contributed by atoms with Crippen LogP contribution in [0, 0.1) is 5.92 Å². The molecule has 0 atom stereocenters. The van der Waals surface area contributed by atoms with Crippen LogP contribution in [0.1, 0.15) is 41.6 Å². The predicted molar refractivity (Wildman–Crippen MR) is 92.9 cm³/mol. The van der Waals surface area contributed by atoms with Gasteiger partial charge in [0.25, 0.3) is 0 Å². The summed E-state index contributed by atoms with van der Waals surface area (Å²) >= 11 is 0. The van der Waals surface area contributed by atoms with E-state index in [1.54, 1.807) is 12.1 Å². The highest BCUT2D eigenvalue weighted by atomic mass is 16.4. The van der Waals surface area contributed by atoms with Crippen molar-refractivity contribution < 1.29 is 9.90 Å². The second kappa shape index (κ2) is 8.11. The van der Waals surface area contributed by atoms with Gasteiger partial charge in [0.15, 0.2) is 0 Å². The summed E-state index contributed by atoms with van der Waals surface area (Å²) in [5, 5.41) is 9.08. The number of carboxylic acids is 1. The Hall–Kier alpha value is -2.14. The Morgan fingerprint density at radius 2 is 2.12 bits per heavy atom. The van der Waals surface area contributed by atoms with Crippen molar-refractivity contribution in [1.82, 2.24) is 14.5 Å². The molecule has 0 radical (unpaired) electrons. The summed E-state index contributed by atoms with van der Waals surface area (Å²) in [5.74, 6) is -0.0384. The lowest BCUT2D eigenvalue weighted by Crippen LogP contribution is -2.33. The molecule has 2 heterocycles. The third-order valence-corrected chi connectivity index (χ3v) is 4.88. The SMILES string of the molecule is O=C(O)c1cccc(CN2CCC(CCCn3ccnc3)CC2)c1. The van der Waals surface area contributed by atoms with Crippen LogP contribution in [0.5, 0.6) is 0 Å². The zero-order valence-electron chi connectivity index (χ0n) is 14.0. The van der Waals surface area contributed by atoms with Gasteiger partial charge in [-0.25, -0.2) is 9.78 Å². The van der Waals surface area contributed by atoms with Crippen LogP contribution < -0.4 is 0 Å². The molecule has 5 nitrogen and oxygen atoms in total. The molecule has 1 aliphatic rings. The van der Waals surface area contributed by atoms with Crippen molar-refractivity contribution in [3.05, 3.63) is 54.1 Å². The van der Waals surface area contributed by atoms with Gasteiger partial charge >= 0.3 is 5.97 Å². The molecule has 1 fully saturated rings. The van der Waals surface area contributed by atoms with Crippen molar-refractivity contribution >= 4 is 5.97 Å². The van der Waals surface area contributed by atoms with E-state index in [9.17, 15) is 4.79 Å². The molecule has 0 saturated carbocycles. The first-order valence-corrected chi connectivity index (χ1v) is 8.71. The predicted octanol–water partition coefficient (Wildman–Crippen LogP) is 3.27. The van der Waals surface area contributed by atoms with E-state index in [0.717, 1.165) is 37.7 Å². The second-order valence-electron chi connectivity index (χ2n) is 6.67. The summed E-state index contributed by atoms with van der Waals surface area (Å²) in [6, 6.07) is 7.29. The molecular weight excluding hydrogens is 302 g/mol. The lowest BCUT2D eigenvalue weighted by Gasteiger charge is -2.32. The number of aryl methyl sites for hydroxylation is 1. The Balaban J connectivity index is 1.40. The van der Waals surface area contributed by atoms with Crippen LogP contribution in [0.15, 0.2) is 43.0 Å². The standard InChI is InChI=1S/C19H25N3O2/c23-19(24)18-5-1-3-17(13-18)14-21-10-6-16(7-11-21)4-2-9-22-12-8-20-15-22/h1,3,5,8,12-13,15-16H,2,4,6-7,9-11,14H2,(H,23,24). The fraction of sp³-hybridized carbons (Fsp3) is 0.474. The number of benzene rings is 1. The molecule has 0 bridgehead atoms.